The lowest BCUT2D eigenvalue weighted by molar-refractivity contribution is -0.0521. The summed E-state index contributed by atoms with van der Waals surface area (Å²) in [5.41, 5.74) is 4.93. The number of anilines is 3. The molecule has 2 aromatic rings. The van der Waals surface area contributed by atoms with E-state index in [4.69, 9.17) is 5.73 Å². The van der Waals surface area contributed by atoms with E-state index in [1.807, 2.05) is 0 Å². The lowest BCUT2D eigenvalue weighted by atomic mass is 10.2. The van der Waals surface area contributed by atoms with E-state index >= 15 is 0 Å². The van der Waals surface area contributed by atoms with Crippen LogP contribution in [-0.2, 0) is 0 Å². The van der Waals surface area contributed by atoms with Crippen molar-refractivity contribution in [3.8, 4) is 5.75 Å². The zero-order valence-electron chi connectivity index (χ0n) is 10.3. The molecule has 0 unspecified atom stereocenters. The van der Waals surface area contributed by atoms with Crippen molar-refractivity contribution in [3.05, 3.63) is 47.8 Å². The maximum absolute atomic E-state index is 13.5. The van der Waals surface area contributed by atoms with Gasteiger partial charge in [0, 0.05) is 12.1 Å². The molecule has 0 bridgehead atoms. The van der Waals surface area contributed by atoms with Crippen molar-refractivity contribution < 1.29 is 26.7 Å². The summed E-state index contributed by atoms with van der Waals surface area (Å²) in [4.78, 5) is 0. The minimum Gasteiger partial charge on any atom is -0.432 e. The first kappa shape index (κ1) is 14.9. The van der Waals surface area contributed by atoms with E-state index in [1.54, 1.807) is 0 Å². The van der Waals surface area contributed by atoms with Crippen LogP contribution in [-0.4, -0.2) is 6.61 Å². The molecule has 21 heavy (non-hydrogen) atoms. The number of benzene rings is 2. The molecule has 0 aliphatic carbocycles. The van der Waals surface area contributed by atoms with E-state index in [2.05, 4.69) is 10.1 Å². The van der Waals surface area contributed by atoms with Crippen LogP contribution in [0, 0.1) is 17.5 Å². The van der Waals surface area contributed by atoms with Crippen molar-refractivity contribution >= 4 is 17.1 Å². The summed E-state index contributed by atoms with van der Waals surface area (Å²) in [6, 6.07) is 4.91. The molecule has 0 saturated heterocycles. The highest BCUT2D eigenvalue weighted by atomic mass is 19.3. The standard InChI is InChI=1S/C13H9F5N2O/c14-6-2-1-3-9(12(6)16)20-10-5-11(21-13(17)18)7(15)4-8(10)19/h1-5,13,20H,19H2. The monoisotopic (exact) mass is 304 g/mol. The summed E-state index contributed by atoms with van der Waals surface area (Å²) in [6.45, 7) is -3.23. The Kier molecular flexibility index (Phi) is 4.15. The van der Waals surface area contributed by atoms with Gasteiger partial charge in [-0.1, -0.05) is 6.07 Å². The number of nitrogens with one attached hydrogen (secondary N) is 1. The molecule has 0 aliphatic rings. The van der Waals surface area contributed by atoms with Crippen LogP contribution in [0.1, 0.15) is 0 Å². The topological polar surface area (TPSA) is 47.3 Å². The molecule has 0 fully saturated rings. The number of ether oxygens (including phenoxy) is 1. The summed E-state index contributed by atoms with van der Waals surface area (Å²) in [6.07, 6.45) is 0. The van der Waals surface area contributed by atoms with Crippen molar-refractivity contribution in [2.75, 3.05) is 11.1 Å². The molecular formula is C13H9F5N2O. The molecule has 0 spiro atoms. The molecule has 0 aromatic heterocycles. The number of halogens is 5. The average molecular weight is 304 g/mol. The minimum atomic E-state index is -3.23. The number of nitrogen functional groups attached to an aromatic ring is 1. The van der Waals surface area contributed by atoms with Gasteiger partial charge in [0.1, 0.15) is 0 Å². The van der Waals surface area contributed by atoms with Gasteiger partial charge in [0.2, 0.25) is 0 Å². The van der Waals surface area contributed by atoms with E-state index in [1.165, 1.54) is 12.1 Å². The van der Waals surface area contributed by atoms with Crippen LogP contribution in [0.5, 0.6) is 5.75 Å². The second kappa shape index (κ2) is 5.86. The summed E-state index contributed by atoms with van der Waals surface area (Å²) in [5.74, 6) is -4.15. The lowest BCUT2D eigenvalue weighted by Crippen LogP contribution is -2.06. The molecule has 0 heterocycles. The van der Waals surface area contributed by atoms with Gasteiger partial charge in [-0.15, -0.1) is 0 Å². The van der Waals surface area contributed by atoms with Crippen molar-refractivity contribution in [2.24, 2.45) is 0 Å². The quantitative estimate of drug-likeness (QED) is 0.662. The third-order valence-electron chi connectivity index (χ3n) is 2.54. The number of rotatable bonds is 4. The van der Waals surface area contributed by atoms with Crippen LogP contribution in [0.15, 0.2) is 30.3 Å². The fourth-order valence-electron chi connectivity index (χ4n) is 1.61. The Morgan fingerprint density at radius 1 is 1.00 bits per heavy atom. The van der Waals surface area contributed by atoms with Gasteiger partial charge in [0.15, 0.2) is 23.2 Å². The summed E-state index contributed by atoms with van der Waals surface area (Å²) >= 11 is 0. The van der Waals surface area contributed by atoms with Gasteiger partial charge in [0.25, 0.3) is 0 Å². The van der Waals surface area contributed by atoms with Crippen molar-refractivity contribution in [1.29, 1.82) is 0 Å². The van der Waals surface area contributed by atoms with Gasteiger partial charge < -0.3 is 15.8 Å². The second-order valence-corrected chi connectivity index (χ2v) is 3.97. The Balaban J connectivity index is 2.37. The summed E-state index contributed by atoms with van der Waals surface area (Å²) in [5, 5.41) is 2.39. The Morgan fingerprint density at radius 3 is 2.38 bits per heavy atom. The van der Waals surface area contributed by atoms with Crippen molar-refractivity contribution in [3.63, 3.8) is 0 Å². The van der Waals surface area contributed by atoms with Crippen LogP contribution >= 0.6 is 0 Å². The van der Waals surface area contributed by atoms with E-state index in [-0.39, 0.29) is 17.1 Å². The van der Waals surface area contributed by atoms with Gasteiger partial charge in [-0.25, -0.2) is 13.2 Å². The predicted molar refractivity (Wildman–Crippen MR) is 67.1 cm³/mol. The molecule has 0 aliphatic heterocycles. The van der Waals surface area contributed by atoms with Crippen molar-refractivity contribution in [1.82, 2.24) is 0 Å². The molecule has 2 aromatic carbocycles. The fourth-order valence-corrected chi connectivity index (χ4v) is 1.61. The lowest BCUT2D eigenvalue weighted by Gasteiger charge is -2.13. The maximum Gasteiger partial charge on any atom is 0.387 e. The molecule has 8 heteroatoms. The van der Waals surface area contributed by atoms with Crippen LogP contribution < -0.4 is 15.8 Å². The maximum atomic E-state index is 13.5. The van der Waals surface area contributed by atoms with Crippen LogP contribution in [0.3, 0.4) is 0 Å². The van der Waals surface area contributed by atoms with E-state index in [0.29, 0.717) is 0 Å². The van der Waals surface area contributed by atoms with E-state index < -0.39 is 29.8 Å². The van der Waals surface area contributed by atoms with Crippen molar-refractivity contribution in [2.45, 2.75) is 6.61 Å². The summed E-state index contributed by atoms with van der Waals surface area (Å²) < 4.78 is 68.2. The predicted octanol–water partition coefficient (Wildman–Crippen LogP) is 4.03. The first-order valence-corrected chi connectivity index (χ1v) is 5.63. The van der Waals surface area contributed by atoms with Crippen LogP contribution in [0.2, 0.25) is 0 Å². The normalized spacial score (nSPS) is 10.8. The third kappa shape index (κ3) is 3.33. The highest BCUT2D eigenvalue weighted by molar-refractivity contribution is 5.74. The SMILES string of the molecule is Nc1cc(F)c(OC(F)F)cc1Nc1cccc(F)c1F. The Bertz CT molecular complexity index is 663. The highest BCUT2D eigenvalue weighted by Crippen LogP contribution is 2.32. The van der Waals surface area contributed by atoms with Gasteiger partial charge in [-0.3, -0.25) is 0 Å². The molecule has 2 rings (SSSR count). The minimum absolute atomic E-state index is 0.100. The second-order valence-electron chi connectivity index (χ2n) is 3.97. The molecule has 0 saturated carbocycles. The van der Waals surface area contributed by atoms with Gasteiger partial charge in [-0.2, -0.15) is 8.78 Å². The van der Waals surface area contributed by atoms with Gasteiger partial charge >= 0.3 is 6.61 Å². The molecule has 112 valence electrons. The van der Waals surface area contributed by atoms with E-state index in [0.717, 1.165) is 18.2 Å². The first-order chi connectivity index (χ1) is 9.88. The Morgan fingerprint density at radius 2 is 1.71 bits per heavy atom. The van der Waals surface area contributed by atoms with Gasteiger partial charge in [-0.05, 0) is 12.1 Å². The third-order valence-corrected chi connectivity index (χ3v) is 2.54. The Hall–Kier alpha value is -2.51. The molecule has 3 N–H and O–H groups in total. The number of hydrogen-bond acceptors (Lipinski definition) is 3. The largest absolute Gasteiger partial charge is 0.432 e. The molecule has 0 amide bonds. The first-order valence-electron chi connectivity index (χ1n) is 5.63. The fraction of sp³-hybridized carbons (Fsp3) is 0.0769. The molecule has 0 atom stereocenters. The van der Waals surface area contributed by atoms with Crippen LogP contribution in [0.25, 0.3) is 0 Å². The smallest absolute Gasteiger partial charge is 0.387 e. The van der Waals surface area contributed by atoms with Crippen LogP contribution in [0.4, 0.5) is 39.0 Å². The Labute approximate surface area is 116 Å². The number of alkyl halides is 2. The highest BCUT2D eigenvalue weighted by Gasteiger charge is 2.15. The zero-order chi connectivity index (χ0) is 15.6. The summed E-state index contributed by atoms with van der Waals surface area (Å²) in [7, 11) is 0. The number of hydrogen-bond donors (Lipinski definition) is 2. The number of nitrogens with two attached hydrogens (primary N) is 1. The molecule has 0 radical (unpaired) electrons. The van der Waals surface area contributed by atoms with Gasteiger partial charge in [0.05, 0.1) is 17.1 Å². The van der Waals surface area contributed by atoms with E-state index in [9.17, 15) is 22.0 Å². The zero-order valence-corrected chi connectivity index (χ0v) is 10.3. The molecule has 3 nitrogen and oxygen atoms in total. The molecular weight excluding hydrogens is 295 g/mol. The average Bonchev–Trinajstić information content (AvgIpc) is 2.40.